The molecule has 11 heteroatoms. The normalized spacial score (nSPS) is 21.2. The molecule has 2 aromatic rings. The molecule has 0 spiro atoms. The maximum Gasteiger partial charge on any atom is 0.261 e. The van der Waals surface area contributed by atoms with Gasteiger partial charge in [0.15, 0.2) is 0 Å². The summed E-state index contributed by atoms with van der Waals surface area (Å²) in [6, 6.07) is 8.87. The third-order valence-electron chi connectivity index (χ3n) is 7.17. The van der Waals surface area contributed by atoms with Crippen molar-refractivity contribution in [1.29, 1.82) is 10.7 Å². The number of nitriles is 1. The molecule has 4 rings (SSSR count). The van der Waals surface area contributed by atoms with Gasteiger partial charge in [-0.15, -0.1) is 0 Å². The van der Waals surface area contributed by atoms with Crippen LogP contribution < -0.4 is 16.2 Å². The quantitative estimate of drug-likeness (QED) is 0.225. The summed E-state index contributed by atoms with van der Waals surface area (Å²) in [4.78, 5) is 15.7. The number of nitrogens with zero attached hydrogens (tertiary/aromatic N) is 2. The second kappa shape index (κ2) is 11.3. The Bertz CT molecular complexity index is 1400. The number of methoxy groups -OCH3 is 1. The van der Waals surface area contributed by atoms with Gasteiger partial charge in [0.05, 0.1) is 29.2 Å². The first-order valence-electron chi connectivity index (χ1n) is 12.9. The molecule has 2 heterocycles. The molecule has 1 aliphatic heterocycles. The van der Waals surface area contributed by atoms with Gasteiger partial charge in [-0.25, -0.2) is 8.42 Å². The van der Waals surface area contributed by atoms with Crippen molar-refractivity contribution in [1.82, 2.24) is 9.29 Å². The Hall–Kier alpha value is -3.20. The second-order valence-corrected chi connectivity index (χ2v) is 12.8. The van der Waals surface area contributed by atoms with E-state index in [9.17, 15) is 18.5 Å². The van der Waals surface area contributed by atoms with E-state index >= 15 is 0 Å². The molecule has 2 aliphatic rings. The van der Waals surface area contributed by atoms with Crippen molar-refractivity contribution < 1.29 is 13.2 Å². The fourth-order valence-electron chi connectivity index (χ4n) is 5.39. The lowest BCUT2D eigenvalue weighted by atomic mass is 9.95. The topological polar surface area (TPSA) is 151 Å². The summed E-state index contributed by atoms with van der Waals surface area (Å²) in [7, 11) is -2.03. The summed E-state index contributed by atoms with van der Waals surface area (Å²) in [5.74, 6) is -0.280. The van der Waals surface area contributed by atoms with Crippen LogP contribution in [0.3, 0.4) is 0 Å². The third-order valence-corrected chi connectivity index (χ3v) is 9.06. The summed E-state index contributed by atoms with van der Waals surface area (Å²) < 4.78 is 32.9. The fourth-order valence-corrected chi connectivity index (χ4v) is 7.19. The van der Waals surface area contributed by atoms with Gasteiger partial charge in [-0.3, -0.25) is 10.2 Å². The Balaban J connectivity index is 1.55. The van der Waals surface area contributed by atoms with E-state index in [4.69, 9.17) is 10.1 Å². The number of rotatable bonds is 8. The molecule has 1 aromatic heterocycles. The summed E-state index contributed by atoms with van der Waals surface area (Å²) in [5.41, 5.74) is 1.00. The molecule has 1 saturated carbocycles. The number of nitrogens with one attached hydrogen (secondary N) is 4. The number of aromatic nitrogens is 1. The number of amidine groups is 1. The van der Waals surface area contributed by atoms with E-state index < -0.39 is 15.6 Å². The number of sulfonamides is 1. The summed E-state index contributed by atoms with van der Waals surface area (Å²) in [5, 5.41) is 24.7. The van der Waals surface area contributed by atoms with E-state index in [2.05, 4.69) is 21.7 Å². The number of benzene rings is 1. The summed E-state index contributed by atoms with van der Waals surface area (Å²) >= 11 is 0. The molecule has 204 valence electrons. The van der Waals surface area contributed by atoms with Gasteiger partial charge in [0.25, 0.3) is 5.56 Å². The average Bonchev–Trinajstić information content (AvgIpc) is 2.98. The van der Waals surface area contributed by atoms with Crippen LogP contribution in [0.25, 0.3) is 0 Å². The molecule has 0 unspecified atom stereocenters. The molecule has 0 radical (unpaired) electrons. The smallest absolute Gasteiger partial charge is 0.261 e. The van der Waals surface area contributed by atoms with Gasteiger partial charge in [0.1, 0.15) is 11.4 Å². The van der Waals surface area contributed by atoms with E-state index in [-0.39, 0.29) is 40.2 Å². The molecule has 0 amide bonds. The fraction of sp³-hybridized carbons (Fsp3) is 0.519. The Morgan fingerprint density at radius 3 is 2.76 bits per heavy atom. The Labute approximate surface area is 224 Å². The number of anilines is 2. The molecule has 2 atom stereocenters. The van der Waals surface area contributed by atoms with Crippen LogP contribution in [0.5, 0.6) is 0 Å². The zero-order valence-electron chi connectivity index (χ0n) is 22.1. The minimum Gasteiger partial charge on any atom is -0.384 e. The van der Waals surface area contributed by atoms with E-state index in [1.807, 2.05) is 13.8 Å². The van der Waals surface area contributed by atoms with Gasteiger partial charge >= 0.3 is 0 Å². The maximum absolute atomic E-state index is 13.1. The van der Waals surface area contributed by atoms with Crippen molar-refractivity contribution in [2.75, 3.05) is 30.9 Å². The molecular formula is C27H36N6O4S. The van der Waals surface area contributed by atoms with Crippen LogP contribution in [0.1, 0.15) is 57.1 Å². The van der Waals surface area contributed by atoms with Crippen LogP contribution in [-0.4, -0.2) is 49.8 Å². The van der Waals surface area contributed by atoms with Crippen LogP contribution in [0.15, 0.2) is 40.2 Å². The Morgan fingerprint density at radius 1 is 1.26 bits per heavy atom. The highest BCUT2D eigenvalue weighted by atomic mass is 32.2. The van der Waals surface area contributed by atoms with E-state index in [1.165, 1.54) is 10.5 Å². The minimum atomic E-state index is -3.63. The lowest BCUT2D eigenvalue weighted by Gasteiger charge is -2.28. The minimum absolute atomic E-state index is 0.102. The third kappa shape index (κ3) is 5.93. The highest BCUT2D eigenvalue weighted by Crippen LogP contribution is 2.35. The summed E-state index contributed by atoms with van der Waals surface area (Å²) in [6.07, 6.45) is 6.24. The van der Waals surface area contributed by atoms with Gasteiger partial charge in [-0.2, -0.15) is 9.57 Å². The van der Waals surface area contributed by atoms with Gasteiger partial charge in [-0.1, -0.05) is 33.1 Å². The van der Waals surface area contributed by atoms with E-state index in [0.717, 1.165) is 32.1 Å². The highest BCUT2D eigenvalue weighted by molar-refractivity contribution is 7.89. The largest absolute Gasteiger partial charge is 0.384 e. The highest BCUT2D eigenvalue weighted by Gasteiger charge is 2.38. The average molecular weight is 541 g/mol. The SMILES string of the molecule is COCC(C)(C)CN1Cc2cc(NC(=N)c3c(N[C@H]4CCCCC[C@@H]4C#N)cc[nH]c3=O)ccc2S1(=O)=O. The maximum atomic E-state index is 13.1. The zero-order chi connectivity index (χ0) is 27.5. The molecule has 1 aliphatic carbocycles. The van der Waals surface area contributed by atoms with E-state index in [1.54, 1.807) is 31.4 Å². The van der Waals surface area contributed by atoms with Crippen LogP contribution in [0.2, 0.25) is 0 Å². The van der Waals surface area contributed by atoms with Gasteiger partial charge in [0, 0.05) is 43.5 Å². The summed E-state index contributed by atoms with van der Waals surface area (Å²) in [6.45, 7) is 4.89. The zero-order valence-corrected chi connectivity index (χ0v) is 23.0. The Kier molecular flexibility index (Phi) is 8.25. The first-order chi connectivity index (χ1) is 18.1. The second-order valence-electron chi connectivity index (χ2n) is 10.9. The number of H-pyrrole nitrogens is 1. The van der Waals surface area contributed by atoms with Crippen molar-refractivity contribution in [3.8, 4) is 6.07 Å². The Morgan fingerprint density at radius 2 is 2.03 bits per heavy atom. The van der Waals surface area contributed by atoms with Crippen LogP contribution in [-0.2, 0) is 21.3 Å². The number of hydrogen-bond acceptors (Lipinski definition) is 7. The lowest BCUT2D eigenvalue weighted by molar-refractivity contribution is 0.0890. The molecule has 1 fully saturated rings. The van der Waals surface area contributed by atoms with Gasteiger partial charge in [0.2, 0.25) is 10.0 Å². The molecule has 38 heavy (non-hydrogen) atoms. The molecule has 1 aromatic carbocycles. The van der Waals surface area contributed by atoms with Crippen molar-refractivity contribution in [3.05, 3.63) is 51.9 Å². The first-order valence-corrected chi connectivity index (χ1v) is 14.4. The molecule has 4 N–H and O–H groups in total. The number of hydrogen-bond donors (Lipinski definition) is 4. The lowest BCUT2D eigenvalue weighted by Crippen LogP contribution is -2.37. The van der Waals surface area contributed by atoms with Crippen LogP contribution in [0, 0.1) is 28.1 Å². The predicted molar refractivity (Wildman–Crippen MR) is 147 cm³/mol. The van der Waals surface area contributed by atoms with Crippen molar-refractivity contribution in [2.24, 2.45) is 11.3 Å². The number of fused-ring (bicyclic) bond motifs is 1. The van der Waals surface area contributed by atoms with Crippen molar-refractivity contribution in [3.63, 3.8) is 0 Å². The molecule has 0 saturated heterocycles. The number of pyridine rings is 1. The monoisotopic (exact) mass is 540 g/mol. The van der Waals surface area contributed by atoms with Gasteiger partial charge in [-0.05, 0) is 42.7 Å². The van der Waals surface area contributed by atoms with Crippen molar-refractivity contribution in [2.45, 2.75) is 63.4 Å². The number of ether oxygens (including phenoxy) is 1. The van der Waals surface area contributed by atoms with Crippen LogP contribution in [0.4, 0.5) is 11.4 Å². The number of aromatic amines is 1. The molecule has 10 nitrogen and oxygen atoms in total. The van der Waals surface area contributed by atoms with E-state index in [0.29, 0.717) is 30.1 Å². The molecule has 0 bridgehead atoms. The van der Waals surface area contributed by atoms with Crippen molar-refractivity contribution >= 4 is 27.2 Å². The standard InChI is InChI=1S/C27H36N6O4S/c1-27(2,17-37-3)16-33-15-19-13-20(9-10-23(19)38(33,35)36)31-25(29)24-22(11-12-30-26(24)34)32-21-8-6-4-5-7-18(21)14-28/h9-13,18,21H,4-8,15-17H2,1-3H3,(H2,29,31)(H2,30,32,34)/t18-,21+/m1/s1. The molecular weight excluding hydrogens is 504 g/mol. The predicted octanol–water partition coefficient (Wildman–Crippen LogP) is 3.87. The first kappa shape index (κ1) is 27.8. The van der Waals surface area contributed by atoms with Gasteiger partial charge < -0.3 is 20.4 Å². The van der Waals surface area contributed by atoms with Crippen LogP contribution >= 0.6 is 0 Å².